The normalized spacial score (nSPS) is 15.1. The van der Waals surface area contributed by atoms with Gasteiger partial charge in [0.15, 0.2) is 6.61 Å². The lowest BCUT2D eigenvalue weighted by molar-refractivity contribution is -0.126. The SMILES string of the molecule is O=C(COc1ccc(N2C[C@H](C(=O)NCCc3ccccc3)CC2=O)cc1)Nc1ccccc1F. The number of hydrogen-bond donors (Lipinski definition) is 2. The zero-order valence-electron chi connectivity index (χ0n) is 19.1. The summed E-state index contributed by atoms with van der Waals surface area (Å²) in [5.41, 5.74) is 1.88. The van der Waals surface area contributed by atoms with E-state index in [2.05, 4.69) is 10.6 Å². The molecule has 35 heavy (non-hydrogen) atoms. The predicted octanol–water partition coefficient (Wildman–Crippen LogP) is 3.56. The summed E-state index contributed by atoms with van der Waals surface area (Å²) in [7, 11) is 0. The molecule has 0 unspecified atom stereocenters. The summed E-state index contributed by atoms with van der Waals surface area (Å²) in [6.07, 6.45) is 0.891. The third kappa shape index (κ3) is 6.44. The van der Waals surface area contributed by atoms with Gasteiger partial charge in [0.25, 0.3) is 5.91 Å². The first-order chi connectivity index (χ1) is 17.0. The molecule has 0 radical (unpaired) electrons. The molecule has 1 heterocycles. The molecule has 1 aliphatic rings. The Morgan fingerprint density at radius 1 is 0.971 bits per heavy atom. The molecule has 3 aromatic rings. The molecule has 0 saturated carbocycles. The average Bonchev–Trinajstić information content (AvgIpc) is 3.27. The predicted molar refractivity (Wildman–Crippen MR) is 131 cm³/mol. The number of nitrogens with one attached hydrogen (secondary N) is 2. The van der Waals surface area contributed by atoms with E-state index < -0.39 is 17.6 Å². The van der Waals surface area contributed by atoms with Crippen LogP contribution in [-0.2, 0) is 20.8 Å². The third-order valence-electron chi connectivity index (χ3n) is 5.72. The van der Waals surface area contributed by atoms with Crippen molar-refractivity contribution in [1.82, 2.24) is 5.32 Å². The lowest BCUT2D eigenvalue weighted by Gasteiger charge is -2.17. The van der Waals surface area contributed by atoms with Gasteiger partial charge in [0, 0.05) is 25.2 Å². The molecule has 7 nitrogen and oxygen atoms in total. The van der Waals surface area contributed by atoms with Gasteiger partial charge in [-0.1, -0.05) is 42.5 Å². The Morgan fingerprint density at radius 3 is 2.43 bits per heavy atom. The first kappa shape index (κ1) is 23.9. The Balaban J connectivity index is 1.24. The van der Waals surface area contributed by atoms with Crippen molar-refractivity contribution in [2.75, 3.05) is 29.9 Å². The molecule has 180 valence electrons. The van der Waals surface area contributed by atoms with Crippen molar-refractivity contribution in [3.05, 3.63) is 90.2 Å². The number of amides is 3. The van der Waals surface area contributed by atoms with Gasteiger partial charge in [0.2, 0.25) is 11.8 Å². The van der Waals surface area contributed by atoms with Crippen molar-refractivity contribution < 1.29 is 23.5 Å². The fourth-order valence-corrected chi connectivity index (χ4v) is 3.87. The topological polar surface area (TPSA) is 87.7 Å². The minimum atomic E-state index is -0.524. The number of nitrogens with zero attached hydrogens (tertiary/aromatic N) is 1. The van der Waals surface area contributed by atoms with Gasteiger partial charge in [-0.15, -0.1) is 0 Å². The number of halogens is 1. The number of ether oxygens (including phenoxy) is 1. The van der Waals surface area contributed by atoms with E-state index in [1.807, 2.05) is 30.3 Å². The van der Waals surface area contributed by atoms with Crippen LogP contribution in [0, 0.1) is 11.7 Å². The lowest BCUT2D eigenvalue weighted by Crippen LogP contribution is -2.34. The molecule has 3 aromatic carbocycles. The van der Waals surface area contributed by atoms with Crippen molar-refractivity contribution >= 4 is 29.1 Å². The molecular weight excluding hydrogens is 449 g/mol. The minimum absolute atomic E-state index is 0.0858. The molecule has 0 bridgehead atoms. The standard InChI is InChI=1S/C27H26FN3O4/c28-23-8-4-5-9-24(23)30-25(32)18-35-22-12-10-21(11-13-22)31-17-20(16-26(31)33)27(34)29-15-14-19-6-2-1-3-7-19/h1-13,20H,14-18H2,(H,29,34)(H,30,32)/t20-/m1/s1. The van der Waals surface area contributed by atoms with Crippen LogP contribution in [-0.4, -0.2) is 37.4 Å². The van der Waals surface area contributed by atoms with Crippen LogP contribution in [0.2, 0.25) is 0 Å². The van der Waals surface area contributed by atoms with Crippen molar-refractivity contribution in [3.63, 3.8) is 0 Å². The second kappa shape index (κ2) is 11.3. The molecule has 0 aromatic heterocycles. The Morgan fingerprint density at radius 2 is 1.69 bits per heavy atom. The van der Waals surface area contributed by atoms with Gasteiger partial charge in [-0.05, 0) is 48.4 Å². The molecule has 1 saturated heterocycles. The number of carbonyl (C=O) groups excluding carboxylic acids is 3. The number of hydrogen-bond acceptors (Lipinski definition) is 4. The highest BCUT2D eigenvalue weighted by molar-refractivity contribution is 6.00. The van der Waals surface area contributed by atoms with Crippen LogP contribution >= 0.6 is 0 Å². The van der Waals surface area contributed by atoms with Crippen molar-refractivity contribution in [3.8, 4) is 5.75 Å². The fraction of sp³-hybridized carbons (Fsp3) is 0.222. The maximum atomic E-state index is 13.6. The van der Waals surface area contributed by atoms with Gasteiger partial charge in [-0.3, -0.25) is 14.4 Å². The van der Waals surface area contributed by atoms with Crippen molar-refractivity contribution in [1.29, 1.82) is 0 Å². The summed E-state index contributed by atoms with van der Waals surface area (Å²) in [5, 5.41) is 5.38. The first-order valence-electron chi connectivity index (χ1n) is 11.4. The second-order valence-corrected chi connectivity index (χ2v) is 8.24. The Bertz CT molecular complexity index is 1180. The van der Waals surface area contributed by atoms with Crippen LogP contribution < -0.4 is 20.3 Å². The highest BCUT2D eigenvalue weighted by Gasteiger charge is 2.34. The van der Waals surface area contributed by atoms with E-state index in [0.717, 1.165) is 12.0 Å². The van der Waals surface area contributed by atoms with Crippen LogP contribution in [0.3, 0.4) is 0 Å². The molecule has 1 fully saturated rings. The molecule has 0 aliphatic carbocycles. The molecule has 1 atom stereocenters. The van der Waals surface area contributed by atoms with Crippen LogP contribution in [0.1, 0.15) is 12.0 Å². The molecule has 1 aliphatic heterocycles. The van der Waals surface area contributed by atoms with Crippen molar-refractivity contribution in [2.24, 2.45) is 5.92 Å². The monoisotopic (exact) mass is 475 g/mol. The maximum absolute atomic E-state index is 13.6. The van der Waals surface area contributed by atoms with Gasteiger partial charge in [-0.2, -0.15) is 0 Å². The molecular formula is C27H26FN3O4. The highest BCUT2D eigenvalue weighted by Crippen LogP contribution is 2.27. The Hall–Kier alpha value is -4.20. The summed E-state index contributed by atoms with van der Waals surface area (Å²) < 4.78 is 19.1. The zero-order valence-corrected chi connectivity index (χ0v) is 19.1. The van der Waals surface area contributed by atoms with Crippen LogP contribution in [0.5, 0.6) is 5.75 Å². The lowest BCUT2D eigenvalue weighted by atomic mass is 10.1. The van der Waals surface area contributed by atoms with Crippen LogP contribution in [0.4, 0.5) is 15.8 Å². The summed E-state index contributed by atoms with van der Waals surface area (Å²) >= 11 is 0. The summed E-state index contributed by atoms with van der Waals surface area (Å²) in [6.45, 7) is 0.535. The Kier molecular flexibility index (Phi) is 7.72. The molecule has 0 spiro atoms. The second-order valence-electron chi connectivity index (χ2n) is 8.24. The van der Waals surface area contributed by atoms with Gasteiger partial charge in [0.05, 0.1) is 11.6 Å². The average molecular weight is 476 g/mol. The smallest absolute Gasteiger partial charge is 0.262 e. The van der Waals surface area contributed by atoms with E-state index in [1.54, 1.807) is 35.2 Å². The zero-order chi connectivity index (χ0) is 24.6. The third-order valence-corrected chi connectivity index (χ3v) is 5.72. The number of anilines is 2. The molecule has 3 amide bonds. The largest absolute Gasteiger partial charge is 0.484 e. The minimum Gasteiger partial charge on any atom is -0.484 e. The van der Waals surface area contributed by atoms with Gasteiger partial charge in [-0.25, -0.2) is 4.39 Å². The van der Waals surface area contributed by atoms with E-state index in [1.165, 1.54) is 18.2 Å². The van der Waals surface area contributed by atoms with Crippen LogP contribution in [0.25, 0.3) is 0 Å². The number of para-hydroxylation sites is 1. The highest BCUT2D eigenvalue weighted by atomic mass is 19.1. The fourth-order valence-electron chi connectivity index (χ4n) is 3.87. The number of rotatable bonds is 9. The summed E-state index contributed by atoms with van der Waals surface area (Å²) in [4.78, 5) is 38.7. The van der Waals surface area contributed by atoms with E-state index in [4.69, 9.17) is 4.74 Å². The van der Waals surface area contributed by atoms with Crippen molar-refractivity contribution in [2.45, 2.75) is 12.8 Å². The number of benzene rings is 3. The maximum Gasteiger partial charge on any atom is 0.262 e. The first-order valence-corrected chi connectivity index (χ1v) is 11.4. The van der Waals surface area contributed by atoms with Gasteiger partial charge >= 0.3 is 0 Å². The van der Waals surface area contributed by atoms with E-state index in [9.17, 15) is 18.8 Å². The van der Waals surface area contributed by atoms with E-state index >= 15 is 0 Å². The summed E-state index contributed by atoms with van der Waals surface area (Å²) in [6, 6.07) is 22.5. The quantitative estimate of drug-likeness (QED) is 0.496. The van der Waals surface area contributed by atoms with E-state index in [-0.39, 0.29) is 30.5 Å². The molecule has 2 N–H and O–H groups in total. The van der Waals surface area contributed by atoms with Crippen LogP contribution in [0.15, 0.2) is 78.9 Å². The number of carbonyl (C=O) groups is 3. The Labute approximate surface area is 202 Å². The van der Waals surface area contributed by atoms with Gasteiger partial charge < -0.3 is 20.3 Å². The molecule has 4 rings (SSSR count). The summed E-state index contributed by atoms with van der Waals surface area (Å²) in [5.74, 6) is -1.24. The molecule has 8 heteroatoms. The van der Waals surface area contributed by atoms with Gasteiger partial charge in [0.1, 0.15) is 11.6 Å². The van der Waals surface area contributed by atoms with E-state index in [0.29, 0.717) is 24.5 Å².